The lowest BCUT2D eigenvalue weighted by molar-refractivity contribution is -0.121. The van der Waals surface area contributed by atoms with Gasteiger partial charge in [0, 0.05) is 19.9 Å². The van der Waals surface area contributed by atoms with Gasteiger partial charge in [-0.25, -0.2) is 4.39 Å². The van der Waals surface area contributed by atoms with Crippen LogP contribution in [0.3, 0.4) is 0 Å². The Morgan fingerprint density at radius 2 is 2.07 bits per heavy atom. The summed E-state index contributed by atoms with van der Waals surface area (Å²) in [7, 11) is 2.00. The van der Waals surface area contributed by atoms with Crippen molar-refractivity contribution in [2.24, 2.45) is 0 Å². The fraction of sp³-hybridized carbons (Fsp3) is 0.364. The zero-order chi connectivity index (χ0) is 20.1. The molecule has 1 amide bonds. The molecule has 1 atom stereocenters. The molecule has 0 aromatic heterocycles. The van der Waals surface area contributed by atoms with E-state index in [9.17, 15) is 14.4 Å². The standard InChI is InChI=1S/C22H24FN3O2/c1-3-4-22(27)25-18(14-24)11-17-6-5-15(12-19(17)23)16-7-8-21-20(13-16)26(2)9-10-28-21/h5-8,12-13,18H,3-4,9-11H2,1-2H3,(H,25,27). The molecule has 0 saturated heterocycles. The molecule has 1 heterocycles. The SMILES string of the molecule is CCCC(=O)NC(C#N)Cc1ccc(-c2ccc3c(c2)N(C)CCO3)cc1F. The molecule has 0 bridgehead atoms. The van der Waals surface area contributed by atoms with Crippen LogP contribution in [0.25, 0.3) is 11.1 Å². The Hall–Kier alpha value is -3.07. The van der Waals surface area contributed by atoms with E-state index >= 15 is 0 Å². The second kappa shape index (κ2) is 8.75. The van der Waals surface area contributed by atoms with E-state index in [1.54, 1.807) is 6.07 Å². The lowest BCUT2D eigenvalue weighted by atomic mass is 9.99. The summed E-state index contributed by atoms with van der Waals surface area (Å²) in [6.45, 7) is 3.36. The summed E-state index contributed by atoms with van der Waals surface area (Å²) in [6.07, 6.45) is 1.20. The first-order valence-corrected chi connectivity index (χ1v) is 9.47. The van der Waals surface area contributed by atoms with Crippen LogP contribution in [0.1, 0.15) is 25.3 Å². The summed E-state index contributed by atoms with van der Waals surface area (Å²) in [5.41, 5.74) is 3.04. The molecule has 6 heteroatoms. The summed E-state index contributed by atoms with van der Waals surface area (Å²) in [4.78, 5) is 13.8. The summed E-state index contributed by atoms with van der Waals surface area (Å²) >= 11 is 0. The number of likely N-dealkylation sites (N-methyl/N-ethyl adjacent to an activating group) is 1. The van der Waals surface area contributed by atoms with Gasteiger partial charge < -0.3 is 15.0 Å². The molecule has 0 saturated carbocycles. The maximum Gasteiger partial charge on any atom is 0.221 e. The number of rotatable bonds is 6. The normalized spacial score (nSPS) is 13.9. The van der Waals surface area contributed by atoms with Gasteiger partial charge in [-0.05, 0) is 41.3 Å². The van der Waals surface area contributed by atoms with Crippen LogP contribution in [-0.2, 0) is 11.2 Å². The smallest absolute Gasteiger partial charge is 0.221 e. The number of carbonyl (C=O) groups excluding carboxylic acids is 1. The van der Waals surface area contributed by atoms with Gasteiger partial charge in [0.15, 0.2) is 0 Å². The topological polar surface area (TPSA) is 65.4 Å². The van der Waals surface area contributed by atoms with E-state index in [1.807, 2.05) is 44.3 Å². The molecular weight excluding hydrogens is 357 g/mol. The van der Waals surface area contributed by atoms with Crippen LogP contribution < -0.4 is 15.0 Å². The number of carbonyl (C=O) groups is 1. The summed E-state index contributed by atoms with van der Waals surface area (Å²) < 4.78 is 20.3. The van der Waals surface area contributed by atoms with E-state index in [0.29, 0.717) is 25.0 Å². The van der Waals surface area contributed by atoms with Crippen LogP contribution >= 0.6 is 0 Å². The lowest BCUT2D eigenvalue weighted by Gasteiger charge is -2.28. The van der Waals surface area contributed by atoms with Crippen LogP contribution in [0.4, 0.5) is 10.1 Å². The Kier molecular flexibility index (Phi) is 6.15. The largest absolute Gasteiger partial charge is 0.490 e. The molecule has 2 aromatic carbocycles. The van der Waals surface area contributed by atoms with Gasteiger partial charge >= 0.3 is 0 Å². The van der Waals surface area contributed by atoms with Crippen molar-refractivity contribution in [2.75, 3.05) is 25.1 Å². The zero-order valence-electron chi connectivity index (χ0n) is 16.2. The van der Waals surface area contributed by atoms with Crippen molar-refractivity contribution in [3.05, 3.63) is 47.8 Å². The Balaban J connectivity index is 1.78. The van der Waals surface area contributed by atoms with E-state index in [1.165, 1.54) is 6.07 Å². The molecule has 3 rings (SSSR count). The third kappa shape index (κ3) is 4.42. The minimum Gasteiger partial charge on any atom is -0.490 e. The van der Waals surface area contributed by atoms with Gasteiger partial charge in [0.2, 0.25) is 5.91 Å². The Morgan fingerprint density at radius 3 is 2.79 bits per heavy atom. The van der Waals surface area contributed by atoms with E-state index < -0.39 is 6.04 Å². The molecule has 0 aliphatic carbocycles. The van der Waals surface area contributed by atoms with Gasteiger partial charge in [0.1, 0.15) is 24.2 Å². The highest BCUT2D eigenvalue weighted by atomic mass is 19.1. The highest BCUT2D eigenvalue weighted by molar-refractivity contribution is 5.76. The van der Waals surface area contributed by atoms with Crippen LogP contribution in [0, 0.1) is 17.1 Å². The van der Waals surface area contributed by atoms with Crippen molar-refractivity contribution >= 4 is 11.6 Å². The molecule has 1 N–H and O–H groups in total. The summed E-state index contributed by atoms with van der Waals surface area (Å²) in [5, 5.41) is 11.9. The molecule has 0 radical (unpaired) electrons. The number of nitrogens with zero attached hydrogens (tertiary/aromatic N) is 2. The highest BCUT2D eigenvalue weighted by Crippen LogP contribution is 2.35. The first-order chi connectivity index (χ1) is 13.5. The Morgan fingerprint density at radius 1 is 1.32 bits per heavy atom. The van der Waals surface area contributed by atoms with Crippen molar-refractivity contribution in [1.82, 2.24) is 5.32 Å². The zero-order valence-corrected chi connectivity index (χ0v) is 16.2. The number of amides is 1. The molecule has 1 unspecified atom stereocenters. The van der Waals surface area contributed by atoms with Gasteiger partial charge in [0.05, 0.1) is 18.3 Å². The van der Waals surface area contributed by atoms with E-state index in [2.05, 4.69) is 10.2 Å². The monoisotopic (exact) mass is 381 g/mol. The molecule has 146 valence electrons. The van der Waals surface area contributed by atoms with Crippen molar-refractivity contribution in [3.63, 3.8) is 0 Å². The third-order valence-corrected chi connectivity index (χ3v) is 4.83. The first kappa shape index (κ1) is 19.7. The van der Waals surface area contributed by atoms with Gasteiger partial charge in [-0.1, -0.05) is 25.1 Å². The van der Waals surface area contributed by atoms with Crippen LogP contribution in [0.2, 0.25) is 0 Å². The van der Waals surface area contributed by atoms with Crippen molar-refractivity contribution in [1.29, 1.82) is 5.26 Å². The van der Waals surface area contributed by atoms with Gasteiger partial charge in [-0.2, -0.15) is 5.26 Å². The predicted octanol–water partition coefficient (Wildman–Crippen LogP) is 3.67. The second-order valence-electron chi connectivity index (χ2n) is 6.96. The molecular formula is C22H24FN3O2. The number of nitrogens with one attached hydrogen (secondary N) is 1. The number of benzene rings is 2. The van der Waals surface area contributed by atoms with Crippen molar-refractivity contribution in [3.8, 4) is 22.9 Å². The number of ether oxygens (including phenoxy) is 1. The molecule has 0 spiro atoms. The van der Waals surface area contributed by atoms with E-state index in [4.69, 9.17) is 4.74 Å². The quantitative estimate of drug-likeness (QED) is 0.829. The predicted molar refractivity (Wildman–Crippen MR) is 107 cm³/mol. The van der Waals surface area contributed by atoms with E-state index in [-0.39, 0.29) is 18.1 Å². The molecule has 0 fully saturated rings. The van der Waals surface area contributed by atoms with Crippen molar-refractivity contribution in [2.45, 2.75) is 32.2 Å². The first-order valence-electron chi connectivity index (χ1n) is 9.47. The lowest BCUT2D eigenvalue weighted by Crippen LogP contribution is -2.35. The maximum atomic E-state index is 14.7. The highest BCUT2D eigenvalue weighted by Gasteiger charge is 2.17. The number of hydrogen-bond acceptors (Lipinski definition) is 4. The number of nitriles is 1. The van der Waals surface area contributed by atoms with Gasteiger partial charge in [-0.3, -0.25) is 4.79 Å². The Bertz CT molecular complexity index is 907. The molecule has 1 aliphatic rings. The summed E-state index contributed by atoms with van der Waals surface area (Å²) in [6, 6.07) is 12.1. The minimum atomic E-state index is -0.742. The molecule has 5 nitrogen and oxygen atoms in total. The maximum absolute atomic E-state index is 14.7. The second-order valence-corrected chi connectivity index (χ2v) is 6.96. The Labute approximate surface area is 164 Å². The van der Waals surface area contributed by atoms with Gasteiger partial charge in [-0.15, -0.1) is 0 Å². The molecule has 28 heavy (non-hydrogen) atoms. The van der Waals surface area contributed by atoms with Crippen LogP contribution in [0.15, 0.2) is 36.4 Å². The van der Waals surface area contributed by atoms with Crippen molar-refractivity contribution < 1.29 is 13.9 Å². The third-order valence-electron chi connectivity index (χ3n) is 4.83. The molecule has 1 aliphatic heterocycles. The number of fused-ring (bicyclic) bond motifs is 1. The van der Waals surface area contributed by atoms with Crippen LogP contribution in [0.5, 0.6) is 5.75 Å². The molecule has 2 aromatic rings. The number of halogens is 1. The van der Waals surface area contributed by atoms with Gasteiger partial charge in [0.25, 0.3) is 0 Å². The average molecular weight is 381 g/mol. The number of hydrogen-bond donors (Lipinski definition) is 1. The van der Waals surface area contributed by atoms with E-state index in [0.717, 1.165) is 29.1 Å². The summed E-state index contributed by atoms with van der Waals surface area (Å²) in [5.74, 6) is 0.255. The minimum absolute atomic E-state index is 0.138. The fourth-order valence-electron chi connectivity index (χ4n) is 3.27. The fourth-order valence-corrected chi connectivity index (χ4v) is 3.27. The van der Waals surface area contributed by atoms with Crippen LogP contribution in [-0.4, -0.2) is 32.1 Å². The average Bonchev–Trinajstić information content (AvgIpc) is 2.69. The number of anilines is 1.